The lowest BCUT2D eigenvalue weighted by Crippen LogP contribution is -2.24. The van der Waals surface area contributed by atoms with Gasteiger partial charge in [-0.15, -0.1) is 16.8 Å². The Kier molecular flexibility index (Phi) is 5.85. The zero-order valence-electron chi connectivity index (χ0n) is 11.8. The van der Waals surface area contributed by atoms with Gasteiger partial charge in [-0.05, 0) is 17.7 Å². The van der Waals surface area contributed by atoms with E-state index in [4.69, 9.17) is 17.3 Å². The molecule has 0 saturated heterocycles. The lowest BCUT2D eigenvalue weighted by atomic mass is 10.2. The molecule has 1 heterocycles. The van der Waals surface area contributed by atoms with Crippen molar-refractivity contribution >= 4 is 35.2 Å². The van der Waals surface area contributed by atoms with Crippen LogP contribution in [0.1, 0.15) is 5.56 Å². The van der Waals surface area contributed by atoms with Crippen LogP contribution >= 0.6 is 23.4 Å². The maximum absolute atomic E-state index is 11.9. The summed E-state index contributed by atoms with van der Waals surface area (Å²) in [6.45, 7) is 4.62. The van der Waals surface area contributed by atoms with Crippen molar-refractivity contribution in [1.29, 1.82) is 0 Å². The number of benzene rings is 1. The number of amides is 1. The minimum atomic E-state index is -0.0910. The van der Waals surface area contributed by atoms with E-state index in [1.807, 2.05) is 12.1 Å². The highest BCUT2D eigenvalue weighted by atomic mass is 35.5. The van der Waals surface area contributed by atoms with E-state index in [0.717, 1.165) is 5.56 Å². The van der Waals surface area contributed by atoms with Crippen LogP contribution in [-0.2, 0) is 17.9 Å². The number of hydrogen-bond acceptors (Lipinski definition) is 5. The van der Waals surface area contributed by atoms with Crippen molar-refractivity contribution in [2.24, 2.45) is 0 Å². The lowest BCUT2D eigenvalue weighted by molar-refractivity contribution is -0.118. The first-order chi connectivity index (χ1) is 10.6. The number of rotatable bonds is 7. The van der Waals surface area contributed by atoms with Gasteiger partial charge < -0.3 is 11.1 Å². The minimum absolute atomic E-state index is 0.0910. The number of thioether (sulfide) groups is 1. The molecular formula is C14H16ClN5OS. The van der Waals surface area contributed by atoms with Crippen molar-refractivity contribution in [3.63, 3.8) is 0 Å². The van der Waals surface area contributed by atoms with Crippen LogP contribution in [0.3, 0.4) is 0 Å². The molecule has 22 heavy (non-hydrogen) atoms. The number of anilines is 1. The number of nitrogen functional groups attached to an aromatic ring is 1. The van der Waals surface area contributed by atoms with E-state index < -0.39 is 0 Å². The van der Waals surface area contributed by atoms with Crippen molar-refractivity contribution < 1.29 is 4.79 Å². The first kappa shape index (κ1) is 16.4. The maximum atomic E-state index is 11.9. The predicted molar refractivity (Wildman–Crippen MR) is 88.7 cm³/mol. The molecule has 116 valence electrons. The van der Waals surface area contributed by atoms with Gasteiger partial charge in [0, 0.05) is 18.1 Å². The number of hydrogen-bond donors (Lipinski definition) is 2. The van der Waals surface area contributed by atoms with Gasteiger partial charge in [-0.25, -0.2) is 0 Å². The number of nitrogens with one attached hydrogen (secondary N) is 1. The fourth-order valence-corrected chi connectivity index (χ4v) is 2.60. The third kappa shape index (κ3) is 4.51. The third-order valence-electron chi connectivity index (χ3n) is 2.79. The molecule has 1 amide bonds. The molecule has 0 radical (unpaired) electrons. The Labute approximate surface area is 137 Å². The number of carbonyl (C=O) groups is 1. The van der Waals surface area contributed by atoms with Gasteiger partial charge in [0.05, 0.1) is 5.75 Å². The third-order valence-corrected chi connectivity index (χ3v) is 4.01. The lowest BCUT2D eigenvalue weighted by Gasteiger charge is -2.06. The van der Waals surface area contributed by atoms with Crippen LogP contribution in [0.4, 0.5) is 5.95 Å². The van der Waals surface area contributed by atoms with Gasteiger partial charge in [-0.3, -0.25) is 9.36 Å². The molecule has 0 bridgehead atoms. The molecule has 3 N–H and O–H groups in total. The molecule has 0 saturated carbocycles. The average Bonchev–Trinajstić information content (AvgIpc) is 2.86. The topological polar surface area (TPSA) is 85.8 Å². The van der Waals surface area contributed by atoms with Gasteiger partial charge in [0.1, 0.15) is 0 Å². The van der Waals surface area contributed by atoms with E-state index >= 15 is 0 Å². The molecule has 1 aromatic heterocycles. The Hall–Kier alpha value is -1.99. The predicted octanol–water partition coefficient (Wildman–Crippen LogP) is 2.11. The summed E-state index contributed by atoms with van der Waals surface area (Å²) in [6.07, 6.45) is 1.70. The second kappa shape index (κ2) is 7.86. The largest absolute Gasteiger partial charge is 0.368 e. The van der Waals surface area contributed by atoms with E-state index in [1.165, 1.54) is 11.8 Å². The summed E-state index contributed by atoms with van der Waals surface area (Å²) in [5.41, 5.74) is 6.69. The van der Waals surface area contributed by atoms with Crippen LogP contribution in [0, 0.1) is 0 Å². The zero-order chi connectivity index (χ0) is 15.9. The van der Waals surface area contributed by atoms with Crippen LogP contribution in [-0.4, -0.2) is 26.4 Å². The Morgan fingerprint density at radius 1 is 1.41 bits per heavy atom. The second-order valence-electron chi connectivity index (χ2n) is 4.43. The van der Waals surface area contributed by atoms with Gasteiger partial charge in [-0.2, -0.15) is 0 Å². The van der Waals surface area contributed by atoms with Crippen molar-refractivity contribution in [2.45, 2.75) is 18.2 Å². The highest BCUT2D eigenvalue weighted by molar-refractivity contribution is 7.99. The number of nitrogens with zero attached hydrogens (tertiary/aromatic N) is 3. The molecule has 0 atom stereocenters. The van der Waals surface area contributed by atoms with Crippen molar-refractivity contribution in [3.05, 3.63) is 47.5 Å². The van der Waals surface area contributed by atoms with Crippen LogP contribution in [0.2, 0.25) is 5.02 Å². The van der Waals surface area contributed by atoms with E-state index in [0.29, 0.717) is 29.2 Å². The number of carbonyl (C=O) groups excluding carboxylic acids is 1. The molecule has 1 aromatic carbocycles. The molecule has 8 heteroatoms. The molecule has 0 fully saturated rings. The Balaban J connectivity index is 1.82. The molecule has 0 aliphatic carbocycles. The van der Waals surface area contributed by atoms with E-state index in [1.54, 1.807) is 22.8 Å². The van der Waals surface area contributed by atoms with Gasteiger partial charge in [0.15, 0.2) is 5.16 Å². The quantitative estimate of drug-likeness (QED) is 0.597. The first-order valence-corrected chi connectivity index (χ1v) is 7.90. The molecule has 0 aliphatic rings. The number of aromatic nitrogens is 3. The van der Waals surface area contributed by atoms with Gasteiger partial charge in [0.2, 0.25) is 11.9 Å². The number of allylic oxidation sites excluding steroid dienone is 1. The molecular weight excluding hydrogens is 322 g/mol. The summed E-state index contributed by atoms with van der Waals surface area (Å²) in [4.78, 5) is 11.9. The molecule has 2 aromatic rings. The van der Waals surface area contributed by atoms with E-state index in [-0.39, 0.29) is 11.7 Å². The standard InChI is InChI=1S/C14H16ClN5OS/c1-2-7-20-13(16)18-19-14(20)22-9-12(21)17-8-10-3-5-11(15)6-4-10/h2-6H,1,7-9H2,(H2,16,18)(H,17,21). The Morgan fingerprint density at radius 2 is 2.14 bits per heavy atom. The smallest absolute Gasteiger partial charge is 0.230 e. The Morgan fingerprint density at radius 3 is 2.82 bits per heavy atom. The molecule has 2 rings (SSSR count). The van der Waals surface area contributed by atoms with Crippen LogP contribution in [0.25, 0.3) is 0 Å². The second-order valence-corrected chi connectivity index (χ2v) is 5.81. The summed E-state index contributed by atoms with van der Waals surface area (Å²) >= 11 is 7.09. The van der Waals surface area contributed by atoms with Gasteiger partial charge in [0.25, 0.3) is 0 Å². The normalized spacial score (nSPS) is 10.4. The summed E-state index contributed by atoms with van der Waals surface area (Å²) in [5.74, 6) is 0.457. The van der Waals surface area contributed by atoms with Gasteiger partial charge in [-0.1, -0.05) is 41.6 Å². The van der Waals surface area contributed by atoms with Crippen molar-refractivity contribution in [1.82, 2.24) is 20.1 Å². The van der Waals surface area contributed by atoms with E-state index in [9.17, 15) is 4.79 Å². The van der Waals surface area contributed by atoms with E-state index in [2.05, 4.69) is 22.1 Å². The average molecular weight is 338 g/mol. The minimum Gasteiger partial charge on any atom is -0.368 e. The highest BCUT2D eigenvalue weighted by Gasteiger charge is 2.11. The number of nitrogens with two attached hydrogens (primary N) is 1. The Bertz CT molecular complexity index is 656. The van der Waals surface area contributed by atoms with Crippen molar-refractivity contribution in [3.8, 4) is 0 Å². The highest BCUT2D eigenvalue weighted by Crippen LogP contribution is 2.17. The summed E-state index contributed by atoms with van der Waals surface area (Å²) < 4.78 is 1.70. The molecule has 0 spiro atoms. The van der Waals surface area contributed by atoms with Crippen LogP contribution < -0.4 is 11.1 Å². The van der Waals surface area contributed by atoms with Gasteiger partial charge >= 0.3 is 0 Å². The summed E-state index contributed by atoms with van der Waals surface area (Å²) in [5, 5.41) is 11.8. The molecule has 0 unspecified atom stereocenters. The zero-order valence-corrected chi connectivity index (χ0v) is 13.4. The summed E-state index contributed by atoms with van der Waals surface area (Å²) in [7, 11) is 0. The maximum Gasteiger partial charge on any atom is 0.230 e. The first-order valence-electron chi connectivity index (χ1n) is 6.53. The SMILES string of the molecule is C=CCn1c(N)nnc1SCC(=O)NCc1ccc(Cl)cc1. The monoisotopic (exact) mass is 337 g/mol. The van der Waals surface area contributed by atoms with Crippen LogP contribution in [0.5, 0.6) is 0 Å². The summed E-state index contributed by atoms with van der Waals surface area (Å²) in [6, 6.07) is 7.32. The molecule has 6 nitrogen and oxygen atoms in total. The fraction of sp³-hybridized carbons (Fsp3) is 0.214. The molecule has 0 aliphatic heterocycles. The van der Waals surface area contributed by atoms with Crippen molar-refractivity contribution in [2.75, 3.05) is 11.5 Å². The fourth-order valence-electron chi connectivity index (χ4n) is 1.69. The van der Waals surface area contributed by atoms with Crippen LogP contribution in [0.15, 0.2) is 42.1 Å². The number of halogens is 1.